The molecule has 0 aliphatic carbocycles. The Morgan fingerprint density at radius 1 is 1.31 bits per heavy atom. The zero-order valence-electron chi connectivity index (χ0n) is 9.01. The highest BCUT2D eigenvalue weighted by Gasteiger charge is 2.20. The van der Waals surface area contributed by atoms with Gasteiger partial charge in [0.25, 0.3) is 10.2 Å². The predicted octanol–water partition coefficient (Wildman–Crippen LogP) is 1.01. The van der Waals surface area contributed by atoms with Gasteiger partial charge in [0, 0.05) is 11.6 Å². The van der Waals surface area contributed by atoms with Crippen molar-refractivity contribution >= 4 is 10.2 Å². The lowest BCUT2D eigenvalue weighted by atomic mass is 10.1. The van der Waals surface area contributed by atoms with E-state index in [4.69, 9.17) is 0 Å². The second-order valence-electron chi connectivity index (χ2n) is 4.28. The van der Waals surface area contributed by atoms with Crippen molar-refractivity contribution in [2.24, 2.45) is 0 Å². The molecule has 80 valence electrons. The summed E-state index contributed by atoms with van der Waals surface area (Å²) in [4.78, 5) is 0. The summed E-state index contributed by atoms with van der Waals surface area (Å²) in [7, 11) is -3.35. The molecule has 1 unspecified atom stereocenters. The highest BCUT2D eigenvalue weighted by Crippen LogP contribution is 2.01. The first-order valence-electron chi connectivity index (χ1n) is 4.47. The molecule has 0 saturated carbocycles. The van der Waals surface area contributed by atoms with Gasteiger partial charge in [-0.1, -0.05) is 6.92 Å². The Hall–Kier alpha value is -0.130. The first-order chi connectivity index (χ1) is 5.66. The van der Waals surface area contributed by atoms with E-state index in [1.165, 1.54) is 0 Å². The predicted molar refractivity (Wildman–Crippen MR) is 54.7 cm³/mol. The van der Waals surface area contributed by atoms with Crippen molar-refractivity contribution in [2.45, 2.75) is 52.6 Å². The molecule has 0 amide bonds. The van der Waals surface area contributed by atoms with Crippen LogP contribution in [0.25, 0.3) is 0 Å². The highest BCUT2D eigenvalue weighted by molar-refractivity contribution is 7.87. The van der Waals surface area contributed by atoms with Crippen LogP contribution in [0.3, 0.4) is 0 Å². The fourth-order valence-electron chi connectivity index (χ4n) is 0.781. The number of rotatable bonds is 4. The maximum atomic E-state index is 11.4. The van der Waals surface area contributed by atoms with Crippen LogP contribution in [-0.2, 0) is 10.2 Å². The lowest BCUT2D eigenvalue weighted by Crippen LogP contribution is -2.49. The van der Waals surface area contributed by atoms with Crippen molar-refractivity contribution in [2.75, 3.05) is 0 Å². The fourth-order valence-corrected chi connectivity index (χ4v) is 2.34. The topological polar surface area (TPSA) is 58.2 Å². The number of hydrogen-bond donors (Lipinski definition) is 2. The second-order valence-corrected chi connectivity index (χ2v) is 5.73. The normalized spacial score (nSPS) is 15.8. The molecule has 1 atom stereocenters. The molecule has 0 aromatic rings. The summed E-state index contributed by atoms with van der Waals surface area (Å²) in [6, 6.07) is -0.0279. The molecule has 0 aliphatic rings. The minimum Gasteiger partial charge on any atom is -0.200 e. The van der Waals surface area contributed by atoms with Crippen LogP contribution in [0.2, 0.25) is 0 Å². The van der Waals surface area contributed by atoms with Crippen LogP contribution in [0.5, 0.6) is 0 Å². The molecule has 5 heteroatoms. The average Bonchev–Trinajstić information content (AvgIpc) is 1.80. The molecule has 2 N–H and O–H groups in total. The Labute approximate surface area is 81.3 Å². The Kier molecular flexibility index (Phi) is 4.35. The Morgan fingerprint density at radius 3 is 2.08 bits per heavy atom. The van der Waals surface area contributed by atoms with Crippen LogP contribution in [0.4, 0.5) is 0 Å². The average molecular weight is 208 g/mol. The van der Waals surface area contributed by atoms with Crippen molar-refractivity contribution in [3.63, 3.8) is 0 Å². The minimum atomic E-state index is -3.35. The monoisotopic (exact) mass is 208 g/mol. The van der Waals surface area contributed by atoms with Crippen LogP contribution in [0, 0.1) is 0 Å². The summed E-state index contributed by atoms with van der Waals surface area (Å²) in [5.41, 5.74) is -0.431. The summed E-state index contributed by atoms with van der Waals surface area (Å²) in [6.45, 7) is 9.20. The smallest absolute Gasteiger partial charge is 0.200 e. The van der Waals surface area contributed by atoms with Crippen LogP contribution >= 0.6 is 0 Å². The van der Waals surface area contributed by atoms with Gasteiger partial charge in [-0.3, -0.25) is 0 Å². The fraction of sp³-hybridized carbons (Fsp3) is 1.00. The van der Waals surface area contributed by atoms with Gasteiger partial charge in [0.1, 0.15) is 0 Å². The van der Waals surface area contributed by atoms with Crippen molar-refractivity contribution in [1.82, 2.24) is 9.44 Å². The second kappa shape index (κ2) is 4.39. The maximum absolute atomic E-state index is 11.4. The quantitative estimate of drug-likeness (QED) is 0.724. The molecule has 0 aromatic heterocycles. The van der Waals surface area contributed by atoms with Crippen LogP contribution in [0.1, 0.15) is 41.0 Å². The lowest BCUT2D eigenvalue weighted by molar-refractivity contribution is 0.475. The van der Waals surface area contributed by atoms with E-state index in [9.17, 15) is 8.42 Å². The van der Waals surface area contributed by atoms with Gasteiger partial charge in [0.15, 0.2) is 0 Å². The van der Waals surface area contributed by atoms with E-state index >= 15 is 0 Å². The zero-order valence-corrected chi connectivity index (χ0v) is 9.83. The van der Waals surface area contributed by atoms with Gasteiger partial charge < -0.3 is 0 Å². The minimum absolute atomic E-state index is 0.0279. The molecule has 0 aliphatic heterocycles. The SMILES string of the molecule is CCC(C)NS(=O)(=O)NC(C)(C)C. The first kappa shape index (κ1) is 12.9. The van der Waals surface area contributed by atoms with Crippen molar-refractivity contribution in [3.05, 3.63) is 0 Å². The third kappa shape index (κ3) is 6.98. The molecule has 0 heterocycles. The number of hydrogen-bond acceptors (Lipinski definition) is 2. The first-order valence-corrected chi connectivity index (χ1v) is 5.96. The van der Waals surface area contributed by atoms with E-state index in [0.717, 1.165) is 6.42 Å². The van der Waals surface area contributed by atoms with E-state index in [1.807, 2.05) is 34.6 Å². The summed E-state index contributed by atoms with van der Waals surface area (Å²) in [6.07, 6.45) is 0.783. The third-order valence-electron chi connectivity index (χ3n) is 1.41. The Morgan fingerprint density at radius 2 is 1.77 bits per heavy atom. The van der Waals surface area contributed by atoms with Gasteiger partial charge in [0.05, 0.1) is 0 Å². The summed E-state index contributed by atoms with van der Waals surface area (Å²) in [5.74, 6) is 0. The summed E-state index contributed by atoms with van der Waals surface area (Å²) in [5, 5.41) is 0. The molecular weight excluding hydrogens is 188 g/mol. The van der Waals surface area contributed by atoms with Crippen LogP contribution in [-0.4, -0.2) is 20.0 Å². The van der Waals surface area contributed by atoms with Gasteiger partial charge in [-0.05, 0) is 34.1 Å². The largest absolute Gasteiger partial charge is 0.277 e. The van der Waals surface area contributed by atoms with Gasteiger partial charge in [-0.25, -0.2) is 0 Å². The van der Waals surface area contributed by atoms with E-state index in [1.54, 1.807) is 0 Å². The van der Waals surface area contributed by atoms with E-state index in [-0.39, 0.29) is 6.04 Å². The Balaban J connectivity index is 4.27. The van der Waals surface area contributed by atoms with Gasteiger partial charge >= 0.3 is 0 Å². The van der Waals surface area contributed by atoms with E-state index in [2.05, 4.69) is 9.44 Å². The molecule has 0 saturated heterocycles. The van der Waals surface area contributed by atoms with Gasteiger partial charge in [-0.15, -0.1) is 0 Å². The Bertz CT molecular complexity index is 241. The number of nitrogens with one attached hydrogen (secondary N) is 2. The van der Waals surface area contributed by atoms with Gasteiger partial charge in [-0.2, -0.15) is 17.9 Å². The molecule has 0 radical (unpaired) electrons. The highest BCUT2D eigenvalue weighted by atomic mass is 32.2. The standard InChI is InChI=1S/C8H20N2O2S/c1-6-7(2)9-13(11,12)10-8(3,4)5/h7,9-10H,6H2,1-5H3. The maximum Gasteiger partial charge on any atom is 0.277 e. The third-order valence-corrected chi connectivity index (χ3v) is 3.00. The van der Waals surface area contributed by atoms with Crippen molar-refractivity contribution in [1.29, 1.82) is 0 Å². The molecular formula is C8H20N2O2S. The van der Waals surface area contributed by atoms with Crippen molar-refractivity contribution < 1.29 is 8.42 Å². The summed E-state index contributed by atoms with van der Waals surface area (Å²) >= 11 is 0. The molecule has 0 bridgehead atoms. The van der Waals surface area contributed by atoms with Crippen molar-refractivity contribution in [3.8, 4) is 0 Å². The van der Waals surface area contributed by atoms with E-state index < -0.39 is 15.7 Å². The van der Waals surface area contributed by atoms with Crippen LogP contribution < -0.4 is 9.44 Å². The van der Waals surface area contributed by atoms with Crippen LogP contribution in [0.15, 0.2) is 0 Å². The zero-order chi connectivity index (χ0) is 10.7. The van der Waals surface area contributed by atoms with E-state index in [0.29, 0.717) is 0 Å². The lowest BCUT2D eigenvalue weighted by Gasteiger charge is -2.22. The molecule has 4 nitrogen and oxygen atoms in total. The summed E-state index contributed by atoms with van der Waals surface area (Å²) < 4.78 is 27.8. The molecule has 13 heavy (non-hydrogen) atoms. The molecule has 0 spiro atoms. The molecule has 0 fully saturated rings. The van der Waals surface area contributed by atoms with Gasteiger partial charge in [0.2, 0.25) is 0 Å². The molecule has 0 aromatic carbocycles. The molecule has 0 rings (SSSR count).